The molecule has 16 heavy (non-hydrogen) atoms. The van der Waals surface area contributed by atoms with E-state index in [2.05, 4.69) is 15.6 Å². The Morgan fingerprint density at radius 1 is 1.56 bits per heavy atom. The van der Waals surface area contributed by atoms with Crippen molar-refractivity contribution in [1.82, 2.24) is 5.32 Å². The third-order valence-corrected chi connectivity index (χ3v) is 2.47. The van der Waals surface area contributed by atoms with Crippen molar-refractivity contribution in [2.75, 3.05) is 18.4 Å². The Bertz CT molecular complexity index is 414. The van der Waals surface area contributed by atoms with E-state index < -0.39 is 0 Å². The summed E-state index contributed by atoms with van der Waals surface area (Å²) in [6.45, 7) is 2.80. The van der Waals surface area contributed by atoms with Crippen molar-refractivity contribution in [2.24, 2.45) is 4.99 Å². The summed E-state index contributed by atoms with van der Waals surface area (Å²) in [7, 11) is 0. The number of carbonyl (C=O) groups excluding carboxylic acids is 1. The van der Waals surface area contributed by atoms with Crippen molar-refractivity contribution in [3.05, 3.63) is 29.8 Å². The minimum absolute atomic E-state index is 0.0108. The Balaban J connectivity index is 2.06. The smallest absolute Gasteiger partial charge is 0.216 e. The van der Waals surface area contributed by atoms with Crippen LogP contribution in [0.25, 0.3) is 0 Å². The van der Waals surface area contributed by atoms with Crippen molar-refractivity contribution in [3.63, 3.8) is 0 Å². The summed E-state index contributed by atoms with van der Waals surface area (Å²) < 4.78 is 0. The Labute approximate surface area is 94.8 Å². The molecule has 0 saturated heterocycles. The van der Waals surface area contributed by atoms with Crippen LogP contribution >= 0.6 is 0 Å². The van der Waals surface area contributed by atoms with Crippen LogP contribution in [0.15, 0.2) is 29.3 Å². The van der Waals surface area contributed by atoms with Gasteiger partial charge < -0.3 is 10.6 Å². The molecule has 0 saturated carbocycles. The molecule has 4 heteroatoms. The summed E-state index contributed by atoms with van der Waals surface area (Å²) in [5.41, 5.74) is 2.16. The van der Waals surface area contributed by atoms with Gasteiger partial charge >= 0.3 is 0 Å². The second kappa shape index (κ2) is 4.79. The molecule has 0 aromatic heterocycles. The number of para-hydroxylation sites is 1. The molecular formula is C12H15N3O. The van der Waals surface area contributed by atoms with Crippen LogP contribution in [0.2, 0.25) is 0 Å². The van der Waals surface area contributed by atoms with Gasteiger partial charge in [-0.1, -0.05) is 18.2 Å². The Morgan fingerprint density at radius 2 is 2.38 bits per heavy atom. The first kappa shape index (κ1) is 10.7. The zero-order chi connectivity index (χ0) is 11.4. The minimum Gasteiger partial charge on any atom is -0.378 e. The number of aliphatic imine (C=N–C) groups is 1. The number of nitrogens with one attached hydrogen (secondary N) is 2. The van der Waals surface area contributed by atoms with Crippen molar-refractivity contribution >= 4 is 17.8 Å². The monoisotopic (exact) mass is 217 g/mol. The van der Waals surface area contributed by atoms with Crippen LogP contribution in [0.1, 0.15) is 12.5 Å². The summed E-state index contributed by atoms with van der Waals surface area (Å²) in [6.07, 6.45) is 1.87. The number of amides is 1. The molecule has 0 bridgehead atoms. The van der Waals surface area contributed by atoms with E-state index in [4.69, 9.17) is 0 Å². The lowest BCUT2D eigenvalue weighted by Gasteiger charge is -2.17. The molecule has 0 fully saturated rings. The quantitative estimate of drug-likeness (QED) is 0.777. The van der Waals surface area contributed by atoms with Gasteiger partial charge in [-0.3, -0.25) is 9.79 Å². The van der Waals surface area contributed by atoms with E-state index >= 15 is 0 Å². The predicted octanol–water partition coefficient (Wildman–Crippen LogP) is 1.04. The number of hydrogen-bond acceptors (Lipinski definition) is 3. The van der Waals surface area contributed by atoms with Gasteiger partial charge in [0.25, 0.3) is 0 Å². The maximum atomic E-state index is 10.8. The third kappa shape index (κ3) is 2.59. The summed E-state index contributed by atoms with van der Waals surface area (Å²) in [5, 5.41) is 6.17. The van der Waals surface area contributed by atoms with Crippen molar-refractivity contribution < 1.29 is 4.79 Å². The summed E-state index contributed by atoms with van der Waals surface area (Å²) >= 11 is 0. The van der Waals surface area contributed by atoms with Gasteiger partial charge in [0.2, 0.25) is 5.91 Å². The Kier molecular flexibility index (Phi) is 3.19. The number of anilines is 1. The van der Waals surface area contributed by atoms with Crippen LogP contribution in [-0.2, 0) is 4.79 Å². The van der Waals surface area contributed by atoms with Crippen LogP contribution in [0.3, 0.4) is 0 Å². The molecule has 2 rings (SSSR count). The van der Waals surface area contributed by atoms with Gasteiger partial charge in [0, 0.05) is 30.9 Å². The molecule has 1 unspecified atom stereocenters. The lowest BCUT2D eigenvalue weighted by atomic mass is 10.2. The topological polar surface area (TPSA) is 53.5 Å². The van der Waals surface area contributed by atoms with Gasteiger partial charge in [-0.2, -0.15) is 0 Å². The molecule has 2 N–H and O–H groups in total. The van der Waals surface area contributed by atoms with Gasteiger partial charge in [0.1, 0.15) is 0 Å². The lowest BCUT2D eigenvalue weighted by molar-refractivity contribution is -0.118. The van der Waals surface area contributed by atoms with Crippen LogP contribution in [0, 0.1) is 0 Å². The predicted molar refractivity (Wildman–Crippen MR) is 65.0 cm³/mol. The van der Waals surface area contributed by atoms with E-state index in [-0.39, 0.29) is 11.9 Å². The molecule has 1 amide bonds. The van der Waals surface area contributed by atoms with Crippen LogP contribution in [-0.4, -0.2) is 31.3 Å². The average Bonchev–Trinajstić information content (AvgIpc) is 2.47. The number of rotatable bonds is 2. The largest absolute Gasteiger partial charge is 0.378 e. The molecule has 1 aromatic rings. The second-order valence-corrected chi connectivity index (χ2v) is 3.86. The molecule has 1 aliphatic heterocycles. The van der Waals surface area contributed by atoms with Gasteiger partial charge in [-0.05, 0) is 6.07 Å². The van der Waals surface area contributed by atoms with Crippen LogP contribution in [0.4, 0.5) is 5.69 Å². The number of hydrogen-bond donors (Lipinski definition) is 2. The fourth-order valence-electron chi connectivity index (χ4n) is 1.67. The molecule has 84 valence electrons. The van der Waals surface area contributed by atoms with Gasteiger partial charge in [0.05, 0.1) is 12.6 Å². The zero-order valence-corrected chi connectivity index (χ0v) is 9.23. The highest BCUT2D eigenvalue weighted by atomic mass is 16.1. The number of nitrogens with zero attached hydrogens (tertiary/aromatic N) is 1. The highest BCUT2D eigenvalue weighted by Crippen LogP contribution is 2.16. The van der Waals surface area contributed by atoms with Gasteiger partial charge in [-0.25, -0.2) is 0 Å². The van der Waals surface area contributed by atoms with Gasteiger partial charge in [0.15, 0.2) is 0 Å². The highest BCUT2D eigenvalue weighted by Gasteiger charge is 2.12. The molecule has 1 heterocycles. The van der Waals surface area contributed by atoms with Crippen LogP contribution in [0.5, 0.6) is 0 Å². The van der Waals surface area contributed by atoms with Crippen molar-refractivity contribution in [2.45, 2.75) is 13.0 Å². The fourth-order valence-corrected chi connectivity index (χ4v) is 1.67. The van der Waals surface area contributed by atoms with E-state index in [1.165, 1.54) is 6.92 Å². The first-order valence-electron chi connectivity index (χ1n) is 5.35. The highest BCUT2D eigenvalue weighted by molar-refractivity contribution is 5.88. The Morgan fingerprint density at radius 3 is 3.19 bits per heavy atom. The molecule has 1 aromatic carbocycles. The maximum absolute atomic E-state index is 10.8. The van der Waals surface area contributed by atoms with Crippen molar-refractivity contribution in [1.29, 1.82) is 0 Å². The average molecular weight is 217 g/mol. The van der Waals surface area contributed by atoms with E-state index in [1.807, 2.05) is 30.5 Å². The molecule has 0 radical (unpaired) electrons. The van der Waals surface area contributed by atoms with Crippen molar-refractivity contribution in [3.8, 4) is 0 Å². The van der Waals surface area contributed by atoms with E-state index in [0.717, 1.165) is 11.3 Å². The van der Waals surface area contributed by atoms with E-state index in [0.29, 0.717) is 13.1 Å². The molecule has 0 aliphatic carbocycles. The summed E-state index contributed by atoms with van der Waals surface area (Å²) in [5.74, 6) is -0.0108. The number of benzene rings is 1. The fraction of sp³-hybridized carbons (Fsp3) is 0.333. The second-order valence-electron chi connectivity index (χ2n) is 3.86. The number of fused-ring (bicyclic) bond motifs is 1. The lowest BCUT2D eigenvalue weighted by Crippen LogP contribution is -2.37. The molecule has 0 spiro atoms. The van der Waals surface area contributed by atoms with E-state index in [1.54, 1.807) is 0 Å². The summed E-state index contributed by atoms with van der Waals surface area (Å²) in [6, 6.07) is 8.17. The SMILES string of the molecule is CC(=O)NCC1CN=Cc2ccccc2N1. The number of benzodiazepines with no additional fused rings is 1. The first-order chi connectivity index (χ1) is 7.75. The standard InChI is InChI=1S/C12H15N3O/c1-9(16)14-8-11-7-13-6-10-4-2-3-5-12(10)15-11/h2-6,11,15H,7-8H2,1H3,(H,14,16). The minimum atomic E-state index is -0.0108. The first-order valence-corrected chi connectivity index (χ1v) is 5.35. The third-order valence-electron chi connectivity index (χ3n) is 2.47. The summed E-state index contributed by atoms with van der Waals surface area (Å²) in [4.78, 5) is 15.2. The zero-order valence-electron chi connectivity index (χ0n) is 9.23. The van der Waals surface area contributed by atoms with Gasteiger partial charge in [-0.15, -0.1) is 0 Å². The normalized spacial score (nSPS) is 18.2. The molecular weight excluding hydrogens is 202 g/mol. The number of carbonyl (C=O) groups is 1. The van der Waals surface area contributed by atoms with Crippen LogP contribution < -0.4 is 10.6 Å². The molecule has 1 atom stereocenters. The maximum Gasteiger partial charge on any atom is 0.216 e. The molecule has 1 aliphatic rings. The molecule has 4 nitrogen and oxygen atoms in total. The Hall–Kier alpha value is -1.84. The van der Waals surface area contributed by atoms with E-state index in [9.17, 15) is 4.79 Å².